The first kappa shape index (κ1) is 14.4. The average molecular weight is 316 g/mol. The maximum Gasteiger partial charge on any atom is 0.230 e. The van der Waals surface area contributed by atoms with Crippen LogP contribution in [0.2, 0.25) is 0 Å². The second-order valence-corrected chi connectivity index (χ2v) is 7.58. The Labute approximate surface area is 121 Å². The molecule has 1 amide bonds. The highest BCUT2D eigenvalue weighted by atomic mass is 32.2. The molecule has 0 spiro atoms. The number of amides is 1. The van der Waals surface area contributed by atoms with Crippen LogP contribution in [0.1, 0.15) is 12.8 Å². The Bertz CT molecular complexity index is 683. The minimum absolute atomic E-state index is 0.0988. The zero-order chi connectivity index (χ0) is 15.2. The number of carbonyl (C=O) groups excluding carboxylic acids is 1. The first-order valence-corrected chi connectivity index (χ1v) is 8.13. The maximum atomic E-state index is 13.4. The molecule has 1 N–H and O–H groups in total. The quantitative estimate of drug-likeness (QED) is 0.911. The molecule has 0 unspecified atom stereocenters. The summed E-state index contributed by atoms with van der Waals surface area (Å²) < 4.78 is 51.5. The van der Waals surface area contributed by atoms with Crippen LogP contribution in [0.5, 0.6) is 0 Å². The van der Waals surface area contributed by atoms with Crippen molar-refractivity contribution in [3.05, 3.63) is 29.8 Å². The molecule has 1 aliphatic carbocycles. The smallest absolute Gasteiger partial charge is 0.230 e. The lowest BCUT2D eigenvalue weighted by Crippen LogP contribution is -2.55. The lowest BCUT2D eigenvalue weighted by molar-refractivity contribution is -0.122. The first-order chi connectivity index (χ1) is 9.88. The van der Waals surface area contributed by atoms with Crippen LogP contribution in [0.15, 0.2) is 18.2 Å². The average Bonchev–Trinajstić information content (AvgIpc) is 3.15. The van der Waals surface area contributed by atoms with Crippen molar-refractivity contribution in [2.75, 3.05) is 18.4 Å². The van der Waals surface area contributed by atoms with Gasteiger partial charge in [0.05, 0.1) is 16.9 Å². The Hall–Kier alpha value is -1.54. The third kappa shape index (κ3) is 2.77. The Morgan fingerprint density at radius 2 is 1.90 bits per heavy atom. The highest BCUT2D eigenvalue weighted by molar-refractivity contribution is 7.90. The Kier molecular flexibility index (Phi) is 3.45. The van der Waals surface area contributed by atoms with Gasteiger partial charge < -0.3 is 5.32 Å². The van der Waals surface area contributed by atoms with E-state index in [1.807, 2.05) is 0 Å². The van der Waals surface area contributed by atoms with Crippen molar-refractivity contribution in [3.8, 4) is 0 Å². The lowest BCUT2D eigenvalue weighted by Gasteiger charge is -2.37. The van der Waals surface area contributed by atoms with Crippen molar-refractivity contribution in [1.29, 1.82) is 0 Å². The fourth-order valence-electron chi connectivity index (χ4n) is 2.22. The molecule has 0 aromatic heterocycles. The summed E-state index contributed by atoms with van der Waals surface area (Å²) in [5.41, 5.74) is -0.233. The summed E-state index contributed by atoms with van der Waals surface area (Å²) in [6.45, 7) is 0.198. The number of hydrogen-bond acceptors (Lipinski definition) is 3. The van der Waals surface area contributed by atoms with Crippen LogP contribution in [0.4, 0.5) is 14.5 Å². The van der Waals surface area contributed by atoms with Crippen molar-refractivity contribution in [2.45, 2.75) is 18.1 Å². The summed E-state index contributed by atoms with van der Waals surface area (Å²) in [4.78, 5) is 11.9. The molecule has 0 bridgehead atoms. The van der Waals surface area contributed by atoms with Gasteiger partial charge >= 0.3 is 0 Å². The molecule has 3 rings (SSSR count). The number of halogens is 2. The van der Waals surface area contributed by atoms with Gasteiger partial charge in [0, 0.05) is 19.2 Å². The van der Waals surface area contributed by atoms with E-state index >= 15 is 0 Å². The van der Waals surface area contributed by atoms with E-state index < -0.39 is 33.5 Å². The van der Waals surface area contributed by atoms with Gasteiger partial charge in [0.2, 0.25) is 15.9 Å². The maximum absolute atomic E-state index is 13.4. The summed E-state index contributed by atoms with van der Waals surface area (Å²) in [6.07, 6.45) is 1.34. The number of anilines is 1. The molecule has 114 valence electrons. The van der Waals surface area contributed by atoms with Gasteiger partial charge in [-0.2, -0.15) is 4.31 Å². The molecule has 0 radical (unpaired) electrons. The van der Waals surface area contributed by atoms with E-state index in [9.17, 15) is 22.0 Å². The molecule has 1 saturated heterocycles. The Morgan fingerprint density at radius 3 is 2.52 bits per heavy atom. The number of sulfonamides is 1. The van der Waals surface area contributed by atoms with E-state index in [1.54, 1.807) is 0 Å². The van der Waals surface area contributed by atoms with Gasteiger partial charge in [0.1, 0.15) is 11.6 Å². The number of hydrogen-bond donors (Lipinski definition) is 1. The van der Waals surface area contributed by atoms with Crippen molar-refractivity contribution in [3.63, 3.8) is 0 Å². The zero-order valence-corrected chi connectivity index (χ0v) is 11.9. The van der Waals surface area contributed by atoms with Crippen LogP contribution >= 0.6 is 0 Å². The first-order valence-electron chi connectivity index (χ1n) is 6.63. The van der Waals surface area contributed by atoms with Crippen molar-refractivity contribution < 1.29 is 22.0 Å². The largest absolute Gasteiger partial charge is 0.323 e. The van der Waals surface area contributed by atoms with Crippen LogP contribution in [0, 0.1) is 17.6 Å². The fourth-order valence-corrected chi connectivity index (χ4v) is 4.15. The molecule has 5 nitrogen and oxygen atoms in total. The van der Waals surface area contributed by atoms with Crippen LogP contribution in [-0.4, -0.2) is 37.0 Å². The van der Waals surface area contributed by atoms with E-state index in [0.717, 1.165) is 18.2 Å². The topological polar surface area (TPSA) is 66.5 Å². The molecular formula is C13H14F2N2O3S. The number of nitrogens with zero attached hydrogens (tertiary/aromatic N) is 1. The second kappa shape index (κ2) is 5.03. The van der Waals surface area contributed by atoms with E-state index in [-0.39, 0.29) is 24.0 Å². The molecule has 1 aromatic carbocycles. The molecule has 1 aliphatic heterocycles. The summed E-state index contributed by atoms with van der Waals surface area (Å²) in [7, 11) is -3.26. The molecular weight excluding hydrogens is 302 g/mol. The van der Waals surface area contributed by atoms with Gasteiger partial charge in [0.25, 0.3) is 0 Å². The third-order valence-electron chi connectivity index (χ3n) is 3.71. The summed E-state index contributed by atoms with van der Waals surface area (Å²) in [5.74, 6) is -2.41. The van der Waals surface area contributed by atoms with Crippen molar-refractivity contribution in [2.24, 2.45) is 5.92 Å². The molecule has 21 heavy (non-hydrogen) atoms. The van der Waals surface area contributed by atoms with Crippen LogP contribution in [0.25, 0.3) is 0 Å². The lowest BCUT2D eigenvalue weighted by atomic mass is 10.0. The Balaban J connectivity index is 1.60. The highest BCUT2D eigenvalue weighted by Gasteiger charge is 2.46. The predicted molar refractivity (Wildman–Crippen MR) is 72.0 cm³/mol. The summed E-state index contributed by atoms with van der Waals surface area (Å²) in [5, 5.41) is 1.99. The molecule has 2 aliphatic rings. The SMILES string of the molecule is O=C(Nc1cc(F)ccc1F)C1CN(S(=O)(=O)C2CC2)C1. The van der Waals surface area contributed by atoms with Crippen molar-refractivity contribution in [1.82, 2.24) is 4.31 Å². The van der Waals surface area contributed by atoms with Crippen LogP contribution in [-0.2, 0) is 14.8 Å². The fraction of sp³-hybridized carbons (Fsp3) is 0.462. The standard InChI is InChI=1S/C13H14F2N2O3S/c14-9-1-4-11(15)12(5-9)16-13(18)8-6-17(7-8)21(19,20)10-2-3-10/h1,4-5,8,10H,2-3,6-7H2,(H,16,18). The van der Waals surface area contributed by atoms with E-state index in [2.05, 4.69) is 5.32 Å². The molecule has 8 heteroatoms. The number of rotatable bonds is 4. The summed E-state index contributed by atoms with van der Waals surface area (Å²) >= 11 is 0. The van der Waals surface area contributed by atoms with Crippen LogP contribution in [0.3, 0.4) is 0 Å². The minimum Gasteiger partial charge on any atom is -0.323 e. The van der Waals surface area contributed by atoms with Gasteiger partial charge in [-0.1, -0.05) is 0 Å². The third-order valence-corrected chi connectivity index (χ3v) is 6.04. The molecule has 2 fully saturated rings. The van der Waals surface area contributed by atoms with Gasteiger partial charge in [-0.15, -0.1) is 0 Å². The second-order valence-electron chi connectivity index (χ2n) is 5.37. The molecule has 0 atom stereocenters. The van der Waals surface area contributed by atoms with Crippen molar-refractivity contribution >= 4 is 21.6 Å². The van der Waals surface area contributed by atoms with E-state index in [0.29, 0.717) is 12.8 Å². The normalized spacial score (nSPS) is 20.1. The molecule has 1 heterocycles. The number of carbonyl (C=O) groups is 1. The van der Waals surface area contributed by atoms with E-state index in [4.69, 9.17) is 0 Å². The number of nitrogens with one attached hydrogen (secondary N) is 1. The monoisotopic (exact) mass is 316 g/mol. The van der Waals surface area contributed by atoms with Crippen LogP contribution < -0.4 is 5.32 Å². The molecule has 1 saturated carbocycles. The number of benzene rings is 1. The zero-order valence-electron chi connectivity index (χ0n) is 11.1. The van der Waals surface area contributed by atoms with E-state index in [1.165, 1.54) is 4.31 Å². The van der Waals surface area contributed by atoms with Gasteiger partial charge in [0.15, 0.2) is 0 Å². The Morgan fingerprint density at radius 1 is 1.24 bits per heavy atom. The van der Waals surface area contributed by atoms with Gasteiger partial charge in [-0.3, -0.25) is 4.79 Å². The van der Waals surface area contributed by atoms with Gasteiger partial charge in [-0.25, -0.2) is 17.2 Å². The predicted octanol–water partition coefficient (Wildman–Crippen LogP) is 1.33. The highest BCUT2D eigenvalue weighted by Crippen LogP contribution is 2.34. The van der Waals surface area contributed by atoms with Gasteiger partial charge in [-0.05, 0) is 25.0 Å². The molecule has 1 aromatic rings. The minimum atomic E-state index is -3.26. The summed E-state index contributed by atoms with van der Waals surface area (Å²) in [6, 6.07) is 2.78.